The van der Waals surface area contributed by atoms with Gasteiger partial charge in [0.1, 0.15) is 0 Å². The van der Waals surface area contributed by atoms with Crippen LogP contribution >= 0.6 is 0 Å². The quantitative estimate of drug-likeness (QED) is 0.792. The summed E-state index contributed by atoms with van der Waals surface area (Å²) in [7, 11) is 0. The van der Waals surface area contributed by atoms with E-state index in [1.807, 2.05) is 24.3 Å². The van der Waals surface area contributed by atoms with E-state index >= 15 is 0 Å². The summed E-state index contributed by atoms with van der Waals surface area (Å²) in [6.07, 6.45) is 3.47. The summed E-state index contributed by atoms with van der Waals surface area (Å²) in [6, 6.07) is 15.3. The Kier molecular flexibility index (Phi) is 4.24. The maximum atomic E-state index is 12.6. The van der Waals surface area contributed by atoms with Crippen molar-refractivity contribution in [2.75, 3.05) is 11.9 Å². The van der Waals surface area contributed by atoms with E-state index in [0.29, 0.717) is 24.9 Å². The summed E-state index contributed by atoms with van der Waals surface area (Å²) < 4.78 is 0. The lowest BCUT2D eigenvalue weighted by Crippen LogP contribution is -2.34. The first kappa shape index (κ1) is 16.8. The third-order valence-electron chi connectivity index (χ3n) is 5.51. The smallest absolute Gasteiger partial charge is 0.251 e. The van der Waals surface area contributed by atoms with Crippen molar-refractivity contribution in [1.82, 2.24) is 5.32 Å². The van der Waals surface area contributed by atoms with Crippen LogP contribution in [-0.4, -0.2) is 24.4 Å². The number of fused-ring (bicyclic) bond motifs is 1. The molecule has 0 saturated heterocycles. The van der Waals surface area contributed by atoms with Crippen LogP contribution in [0.15, 0.2) is 48.5 Å². The Morgan fingerprint density at radius 1 is 1.19 bits per heavy atom. The van der Waals surface area contributed by atoms with Gasteiger partial charge in [0, 0.05) is 23.2 Å². The molecule has 1 aliphatic carbocycles. The van der Waals surface area contributed by atoms with Crippen LogP contribution in [0, 0.1) is 0 Å². The Bertz CT molecular complexity index is 844. The fourth-order valence-corrected chi connectivity index (χ4v) is 3.59. The second kappa shape index (κ2) is 6.57. The van der Waals surface area contributed by atoms with Gasteiger partial charge >= 0.3 is 0 Å². The maximum absolute atomic E-state index is 12.6. The van der Waals surface area contributed by atoms with Gasteiger partial charge in [0.05, 0.1) is 6.04 Å². The molecule has 5 nitrogen and oxygen atoms in total. The van der Waals surface area contributed by atoms with Crippen LogP contribution in [-0.2, 0) is 16.6 Å². The Morgan fingerprint density at radius 2 is 1.96 bits per heavy atom. The zero-order valence-corrected chi connectivity index (χ0v) is 14.6. The maximum Gasteiger partial charge on any atom is 0.251 e. The minimum Gasteiger partial charge on any atom is -0.351 e. The van der Waals surface area contributed by atoms with Crippen LogP contribution in [0.2, 0.25) is 0 Å². The molecule has 2 aromatic rings. The van der Waals surface area contributed by atoms with E-state index in [1.165, 1.54) is 5.56 Å². The monoisotopic (exact) mass is 349 g/mol. The number of hydrogen-bond acceptors (Lipinski definition) is 3. The SMILES string of the molecule is NC1CCc2cc(C(=O)NCC3(c4ccccc4)CC3)ccc2NC1=O. The van der Waals surface area contributed by atoms with Crippen molar-refractivity contribution in [3.05, 3.63) is 65.2 Å². The van der Waals surface area contributed by atoms with Crippen molar-refractivity contribution < 1.29 is 9.59 Å². The predicted molar refractivity (Wildman–Crippen MR) is 101 cm³/mol. The first-order valence-corrected chi connectivity index (χ1v) is 9.10. The van der Waals surface area contributed by atoms with E-state index in [2.05, 4.69) is 22.8 Å². The number of nitrogens with two attached hydrogens (primary N) is 1. The first-order chi connectivity index (χ1) is 12.6. The van der Waals surface area contributed by atoms with Gasteiger partial charge in [0.15, 0.2) is 0 Å². The van der Waals surface area contributed by atoms with Crippen molar-refractivity contribution in [1.29, 1.82) is 0 Å². The van der Waals surface area contributed by atoms with Crippen molar-refractivity contribution in [3.8, 4) is 0 Å². The van der Waals surface area contributed by atoms with Gasteiger partial charge < -0.3 is 16.4 Å². The first-order valence-electron chi connectivity index (χ1n) is 9.10. The molecule has 2 aromatic carbocycles. The molecule has 0 spiro atoms. The van der Waals surface area contributed by atoms with E-state index < -0.39 is 6.04 Å². The average Bonchev–Trinajstić information content (AvgIpc) is 3.47. The lowest BCUT2D eigenvalue weighted by atomic mass is 9.96. The largest absolute Gasteiger partial charge is 0.351 e. The molecule has 26 heavy (non-hydrogen) atoms. The molecule has 5 heteroatoms. The zero-order valence-electron chi connectivity index (χ0n) is 14.6. The highest BCUT2D eigenvalue weighted by Crippen LogP contribution is 2.47. The van der Waals surface area contributed by atoms with Crippen LogP contribution in [0.3, 0.4) is 0 Å². The molecule has 4 rings (SSSR count). The van der Waals surface area contributed by atoms with E-state index in [-0.39, 0.29) is 17.2 Å². The second-order valence-corrected chi connectivity index (χ2v) is 7.34. The van der Waals surface area contributed by atoms with Crippen molar-refractivity contribution >= 4 is 17.5 Å². The minimum absolute atomic E-state index is 0.0742. The van der Waals surface area contributed by atoms with Crippen LogP contribution in [0.5, 0.6) is 0 Å². The lowest BCUT2D eigenvalue weighted by molar-refractivity contribution is -0.117. The molecule has 134 valence electrons. The number of anilines is 1. The third kappa shape index (κ3) is 3.22. The molecular formula is C21H23N3O2. The molecular weight excluding hydrogens is 326 g/mol. The Labute approximate surface area is 153 Å². The summed E-state index contributed by atoms with van der Waals surface area (Å²) in [5, 5.41) is 5.92. The van der Waals surface area contributed by atoms with Crippen molar-refractivity contribution in [2.24, 2.45) is 5.73 Å². The van der Waals surface area contributed by atoms with E-state index in [4.69, 9.17) is 5.73 Å². The van der Waals surface area contributed by atoms with Crippen molar-refractivity contribution in [2.45, 2.75) is 37.1 Å². The highest BCUT2D eigenvalue weighted by Gasteiger charge is 2.44. The number of hydrogen-bond donors (Lipinski definition) is 3. The molecule has 1 fully saturated rings. The molecule has 4 N–H and O–H groups in total. The summed E-state index contributed by atoms with van der Waals surface area (Å²) >= 11 is 0. The van der Waals surface area contributed by atoms with Crippen LogP contribution in [0.25, 0.3) is 0 Å². The number of carbonyl (C=O) groups is 2. The van der Waals surface area contributed by atoms with Gasteiger partial charge in [-0.15, -0.1) is 0 Å². The highest BCUT2D eigenvalue weighted by molar-refractivity contribution is 5.98. The number of aryl methyl sites for hydroxylation is 1. The summed E-state index contributed by atoms with van der Waals surface area (Å²) in [4.78, 5) is 24.5. The fourth-order valence-electron chi connectivity index (χ4n) is 3.59. The Balaban J connectivity index is 1.45. The van der Waals surface area contributed by atoms with Gasteiger partial charge in [0.25, 0.3) is 5.91 Å². The Hall–Kier alpha value is -2.66. The van der Waals surface area contributed by atoms with Gasteiger partial charge in [-0.1, -0.05) is 30.3 Å². The minimum atomic E-state index is -0.500. The molecule has 0 aromatic heterocycles. The van der Waals surface area contributed by atoms with E-state index in [1.54, 1.807) is 12.1 Å². The molecule has 1 atom stereocenters. The zero-order chi connectivity index (χ0) is 18.1. The number of benzene rings is 2. The van der Waals surface area contributed by atoms with E-state index in [0.717, 1.165) is 24.1 Å². The van der Waals surface area contributed by atoms with Crippen LogP contribution in [0.1, 0.15) is 40.7 Å². The summed E-state index contributed by atoms with van der Waals surface area (Å²) in [6.45, 7) is 0.647. The molecule has 2 amide bonds. The third-order valence-corrected chi connectivity index (χ3v) is 5.51. The molecule has 1 heterocycles. The molecule has 1 saturated carbocycles. The van der Waals surface area contributed by atoms with Gasteiger partial charge in [-0.3, -0.25) is 9.59 Å². The number of amides is 2. The number of rotatable bonds is 4. The molecule has 0 radical (unpaired) electrons. The van der Waals surface area contributed by atoms with Gasteiger partial charge in [-0.25, -0.2) is 0 Å². The fraction of sp³-hybridized carbons (Fsp3) is 0.333. The standard InChI is InChI=1S/C21H23N3O2/c22-17-8-6-14-12-15(7-9-18(14)24-20(17)26)19(25)23-13-21(10-11-21)16-4-2-1-3-5-16/h1-5,7,9,12,17H,6,8,10-11,13,22H2,(H,23,25)(H,24,26). The average molecular weight is 349 g/mol. The molecule has 0 bridgehead atoms. The van der Waals surface area contributed by atoms with Crippen molar-refractivity contribution in [3.63, 3.8) is 0 Å². The number of carbonyl (C=O) groups excluding carboxylic acids is 2. The highest BCUT2D eigenvalue weighted by atomic mass is 16.2. The topological polar surface area (TPSA) is 84.2 Å². The van der Waals surface area contributed by atoms with Gasteiger partial charge in [-0.05, 0) is 55.0 Å². The van der Waals surface area contributed by atoms with Gasteiger partial charge in [0.2, 0.25) is 5.91 Å². The number of nitrogens with one attached hydrogen (secondary N) is 2. The molecule has 1 unspecified atom stereocenters. The molecule has 2 aliphatic rings. The lowest BCUT2D eigenvalue weighted by Gasteiger charge is -2.17. The van der Waals surface area contributed by atoms with Gasteiger partial charge in [-0.2, -0.15) is 0 Å². The van der Waals surface area contributed by atoms with Crippen LogP contribution < -0.4 is 16.4 Å². The summed E-state index contributed by atoms with van der Waals surface area (Å²) in [5.41, 5.74) is 9.54. The Morgan fingerprint density at radius 3 is 2.69 bits per heavy atom. The summed E-state index contributed by atoms with van der Waals surface area (Å²) in [5.74, 6) is -0.241. The normalized spacial score (nSPS) is 20.5. The molecule has 1 aliphatic heterocycles. The van der Waals surface area contributed by atoms with Crippen LogP contribution in [0.4, 0.5) is 5.69 Å². The van der Waals surface area contributed by atoms with E-state index in [9.17, 15) is 9.59 Å². The predicted octanol–water partition coefficient (Wildman–Crippen LogP) is 2.36. The second-order valence-electron chi connectivity index (χ2n) is 7.34.